The number of nitrogens with one attached hydrogen (secondary N) is 1. The largest absolute Gasteiger partial charge is 0.381 e. The van der Waals surface area contributed by atoms with E-state index in [-0.39, 0.29) is 18.4 Å². The number of ether oxygens (including phenoxy) is 1. The van der Waals surface area contributed by atoms with Gasteiger partial charge in [-0.3, -0.25) is 9.59 Å². The van der Waals surface area contributed by atoms with Gasteiger partial charge in [0, 0.05) is 31.2 Å². The van der Waals surface area contributed by atoms with Crippen LogP contribution >= 0.6 is 0 Å². The first-order valence-electron chi connectivity index (χ1n) is 6.80. The number of hydrogen-bond acceptors (Lipinski definition) is 4. The molecule has 0 atom stereocenters. The summed E-state index contributed by atoms with van der Waals surface area (Å²) < 4.78 is 5.22. The average molecular weight is 287 g/mol. The first-order valence-corrected chi connectivity index (χ1v) is 6.80. The minimum absolute atomic E-state index is 0.0592. The molecule has 110 valence electrons. The highest BCUT2D eigenvalue weighted by Gasteiger charge is 2.21. The molecule has 1 heterocycles. The lowest BCUT2D eigenvalue weighted by Gasteiger charge is -2.21. The van der Waals surface area contributed by atoms with Crippen LogP contribution in [0.3, 0.4) is 0 Å². The Morgan fingerprint density at radius 3 is 2.71 bits per heavy atom. The summed E-state index contributed by atoms with van der Waals surface area (Å²) in [6.07, 6.45) is 1.40. The van der Waals surface area contributed by atoms with Crippen molar-refractivity contribution in [3.63, 3.8) is 0 Å². The maximum absolute atomic E-state index is 12.1. The molecule has 1 saturated heterocycles. The summed E-state index contributed by atoms with van der Waals surface area (Å²) in [6.45, 7) is 1.37. The number of amides is 2. The van der Waals surface area contributed by atoms with Gasteiger partial charge in [0.1, 0.15) is 0 Å². The molecule has 2 amide bonds. The van der Waals surface area contributed by atoms with Crippen molar-refractivity contribution in [2.75, 3.05) is 13.2 Å². The zero-order chi connectivity index (χ0) is 15.2. The molecular formula is C15H17N3O3. The molecule has 6 heteroatoms. The second kappa shape index (κ2) is 6.86. The van der Waals surface area contributed by atoms with E-state index in [9.17, 15) is 9.59 Å². The van der Waals surface area contributed by atoms with Crippen molar-refractivity contribution in [1.82, 2.24) is 5.32 Å². The molecule has 1 aliphatic rings. The molecule has 1 aliphatic heterocycles. The number of nitrogens with zero attached hydrogens (tertiary/aromatic N) is 1. The lowest BCUT2D eigenvalue weighted by molar-refractivity contribution is -0.128. The lowest BCUT2D eigenvalue weighted by atomic mass is 9.99. The maximum atomic E-state index is 12.1. The normalized spacial score (nSPS) is 15.2. The van der Waals surface area contributed by atoms with Crippen LogP contribution in [-0.2, 0) is 16.1 Å². The topological polar surface area (TPSA) is 105 Å². The molecule has 0 aliphatic carbocycles. The standard InChI is InChI=1S/C15H17N3O3/c16-8-10-1-2-13(14(17)19)12(7-10)9-18-15(20)11-3-5-21-6-4-11/h1-2,7,11H,3-6,9H2,(H2,17,19)(H,18,20). The third kappa shape index (κ3) is 3.80. The molecule has 0 spiro atoms. The number of nitriles is 1. The highest BCUT2D eigenvalue weighted by atomic mass is 16.5. The summed E-state index contributed by atoms with van der Waals surface area (Å²) in [5, 5.41) is 11.7. The van der Waals surface area contributed by atoms with Gasteiger partial charge in [-0.2, -0.15) is 5.26 Å². The highest BCUT2D eigenvalue weighted by molar-refractivity contribution is 5.94. The van der Waals surface area contributed by atoms with Gasteiger partial charge in [-0.25, -0.2) is 0 Å². The van der Waals surface area contributed by atoms with Crippen LogP contribution in [-0.4, -0.2) is 25.0 Å². The van der Waals surface area contributed by atoms with E-state index in [1.807, 2.05) is 6.07 Å². The highest BCUT2D eigenvalue weighted by Crippen LogP contribution is 2.16. The Hall–Kier alpha value is -2.39. The summed E-state index contributed by atoms with van der Waals surface area (Å²) in [6, 6.07) is 6.62. The predicted molar refractivity (Wildman–Crippen MR) is 75.1 cm³/mol. The number of primary amides is 1. The van der Waals surface area contributed by atoms with Crippen LogP contribution < -0.4 is 11.1 Å². The van der Waals surface area contributed by atoms with E-state index >= 15 is 0 Å². The molecule has 1 aromatic carbocycles. The van der Waals surface area contributed by atoms with Crippen LogP contribution in [0.15, 0.2) is 18.2 Å². The summed E-state index contributed by atoms with van der Waals surface area (Å²) in [7, 11) is 0. The fraction of sp³-hybridized carbons (Fsp3) is 0.400. The molecule has 6 nitrogen and oxygen atoms in total. The monoisotopic (exact) mass is 287 g/mol. The quantitative estimate of drug-likeness (QED) is 0.850. The maximum Gasteiger partial charge on any atom is 0.249 e. The Morgan fingerprint density at radius 1 is 1.38 bits per heavy atom. The van der Waals surface area contributed by atoms with Crippen molar-refractivity contribution < 1.29 is 14.3 Å². The van der Waals surface area contributed by atoms with Crippen molar-refractivity contribution in [2.45, 2.75) is 19.4 Å². The second-order valence-electron chi connectivity index (χ2n) is 4.95. The first-order chi connectivity index (χ1) is 10.1. The van der Waals surface area contributed by atoms with Crippen LogP contribution in [0.1, 0.15) is 34.3 Å². The van der Waals surface area contributed by atoms with Crippen LogP contribution in [0.2, 0.25) is 0 Å². The summed E-state index contributed by atoms with van der Waals surface area (Å²) in [4.78, 5) is 23.4. The molecule has 0 radical (unpaired) electrons. The Labute approximate surface area is 122 Å². The van der Waals surface area contributed by atoms with Gasteiger partial charge in [-0.05, 0) is 36.6 Å². The minimum Gasteiger partial charge on any atom is -0.381 e. The molecular weight excluding hydrogens is 270 g/mol. The van der Waals surface area contributed by atoms with Crippen LogP contribution in [0.25, 0.3) is 0 Å². The van der Waals surface area contributed by atoms with Crippen LogP contribution in [0.4, 0.5) is 0 Å². The summed E-state index contributed by atoms with van der Waals surface area (Å²) in [5.41, 5.74) is 6.61. The molecule has 0 aromatic heterocycles. The van der Waals surface area contributed by atoms with Gasteiger partial charge >= 0.3 is 0 Å². The molecule has 0 bridgehead atoms. The fourth-order valence-electron chi connectivity index (χ4n) is 2.34. The van der Waals surface area contributed by atoms with Crippen molar-refractivity contribution in [1.29, 1.82) is 5.26 Å². The number of carbonyl (C=O) groups excluding carboxylic acids is 2. The molecule has 3 N–H and O–H groups in total. The SMILES string of the molecule is N#Cc1ccc(C(N)=O)c(CNC(=O)C2CCOCC2)c1. The second-order valence-corrected chi connectivity index (χ2v) is 4.95. The zero-order valence-electron chi connectivity index (χ0n) is 11.6. The molecule has 1 fully saturated rings. The first kappa shape index (κ1) is 15.0. The Balaban J connectivity index is 2.06. The summed E-state index contributed by atoms with van der Waals surface area (Å²) >= 11 is 0. The Bertz CT molecular complexity index is 586. The Morgan fingerprint density at radius 2 is 2.10 bits per heavy atom. The van der Waals surface area contributed by atoms with Crippen molar-refractivity contribution in [3.05, 3.63) is 34.9 Å². The van der Waals surface area contributed by atoms with Gasteiger partial charge in [0.25, 0.3) is 0 Å². The zero-order valence-corrected chi connectivity index (χ0v) is 11.6. The van der Waals surface area contributed by atoms with Crippen molar-refractivity contribution >= 4 is 11.8 Å². The van der Waals surface area contributed by atoms with Crippen molar-refractivity contribution in [3.8, 4) is 6.07 Å². The van der Waals surface area contributed by atoms with E-state index < -0.39 is 5.91 Å². The number of nitrogens with two attached hydrogens (primary N) is 1. The van der Waals surface area contributed by atoms with E-state index in [0.29, 0.717) is 42.7 Å². The number of hydrogen-bond donors (Lipinski definition) is 2. The van der Waals surface area contributed by atoms with E-state index in [0.717, 1.165) is 0 Å². The van der Waals surface area contributed by atoms with E-state index in [4.69, 9.17) is 15.7 Å². The van der Waals surface area contributed by atoms with E-state index in [1.54, 1.807) is 6.07 Å². The fourth-order valence-corrected chi connectivity index (χ4v) is 2.34. The summed E-state index contributed by atoms with van der Waals surface area (Å²) in [5.74, 6) is -0.694. The molecule has 1 aromatic rings. The number of benzene rings is 1. The number of rotatable bonds is 4. The average Bonchev–Trinajstić information content (AvgIpc) is 2.52. The lowest BCUT2D eigenvalue weighted by Crippen LogP contribution is -2.34. The van der Waals surface area contributed by atoms with Crippen molar-refractivity contribution in [2.24, 2.45) is 11.7 Å². The van der Waals surface area contributed by atoms with Crippen LogP contribution in [0, 0.1) is 17.2 Å². The van der Waals surface area contributed by atoms with Gasteiger partial charge in [-0.15, -0.1) is 0 Å². The van der Waals surface area contributed by atoms with Gasteiger partial charge in [0.15, 0.2) is 0 Å². The van der Waals surface area contributed by atoms with E-state index in [1.165, 1.54) is 12.1 Å². The minimum atomic E-state index is -0.574. The van der Waals surface area contributed by atoms with Gasteiger partial charge in [0.05, 0.1) is 11.6 Å². The third-order valence-electron chi connectivity index (χ3n) is 3.54. The molecule has 0 unspecified atom stereocenters. The van der Waals surface area contributed by atoms with Gasteiger partial charge < -0.3 is 15.8 Å². The number of carbonyl (C=O) groups is 2. The Kier molecular flexibility index (Phi) is 4.90. The molecule has 21 heavy (non-hydrogen) atoms. The smallest absolute Gasteiger partial charge is 0.249 e. The van der Waals surface area contributed by atoms with Crippen LogP contribution in [0.5, 0.6) is 0 Å². The molecule has 0 saturated carbocycles. The third-order valence-corrected chi connectivity index (χ3v) is 3.54. The predicted octanol–water partition coefficient (Wildman–Crippen LogP) is 0.700. The van der Waals surface area contributed by atoms with E-state index in [2.05, 4.69) is 5.32 Å². The van der Waals surface area contributed by atoms with Gasteiger partial charge in [-0.1, -0.05) is 0 Å². The van der Waals surface area contributed by atoms with Gasteiger partial charge in [0.2, 0.25) is 11.8 Å². The molecule has 2 rings (SSSR count).